The van der Waals surface area contributed by atoms with Crippen molar-refractivity contribution in [3.8, 4) is 0 Å². The molecule has 2 N–H and O–H groups in total. The smallest absolute Gasteiger partial charge is 0.191 e. The fraction of sp³-hybridized carbons (Fsp3) is 0.500. The van der Waals surface area contributed by atoms with Gasteiger partial charge >= 0.3 is 0 Å². The Labute approximate surface area is 132 Å². The molecule has 2 rings (SSSR count). The Morgan fingerprint density at radius 2 is 1.95 bits per heavy atom. The topological polar surface area (TPSA) is 59.2 Å². The van der Waals surface area contributed by atoms with Crippen LogP contribution in [0.15, 0.2) is 29.5 Å². The molecule has 0 saturated carbocycles. The first kappa shape index (κ1) is 16.1. The predicted molar refractivity (Wildman–Crippen MR) is 89.9 cm³/mol. The third kappa shape index (κ3) is 4.13. The minimum atomic E-state index is 0.643. The van der Waals surface area contributed by atoms with Crippen molar-refractivity contribution in [1.82, 2.24) is 25.0 Å². The third-order valence-corrected chi connectivity index (χ3v) is 3.73. The van der Waals surface area contributed by atoms with Crippen molar-refractivity contribution in [2.45, 2.75) is 33.9 Å². The normalized spacial score (nSPS) is 11.7. The summed E-state index contributed by atoms with van der Waals surface area (Å²) in [6.07, 6.45) is 4.13. The van der Waals surface area contributed by atoms with E-state index in [1.807, 2.05) is 30.8 Å². The van der Waals surface area contributed by atoms with Crippen molar-refractivity contribution in [2.24, 2.45) is 12.0 Å². The summed E-state index contributed by atoms with van der Waals surface area (Å²) in [5.41, 5.74) is 3.42. The van der Waals surface area contributed by atoms with Crippen LogP contribution in [0.3, 0.4) is 0 Å². The fourth-order valence-corrected chi connectivity index (χ4v) is 2.37. The van der Waals surface area contributed by atoms with Crippen molar-refractivity contribution in [3.05, 3.63) is 41.5 Å². The molecule has 0 atom stereocenters. The van der Waals surface area contributed by atoms with Gasteiger partial charge in [-0.25, -0.2) is 4.99 Å². The van der Waals surface area contributed by atoms with E-state index in [1.165, 1.54) is 11.3 Å². The van der Waals surface area contributed by atoms with Gasteiger partial charge in [0, 0.05) is 50.3 Å². The maximum Gasteiger partial charge on any atom is 0.191 e. The highest BCUT2D eigenvalue weighted by Gasteiger charge is 2.08. The standard InChI is InChI=1S/C16H26N6/c1-5-17-16(18-8-11-22-9-6-7-10-22)19-12-15-13(2)20-21(4)14(15)3/h6-7,9-10H,5,8,11-12H2,1-4H3,(H2,17,18,19). The van der Waals surface area contributed by atoms with Gasteiger partial charge in [0.15, 0.2) is 5.96 Å². The summed E-state index contributed by atoms with van der Waals surface area (Å²) in [5, 5.41) is 11.1. The minimum absolute atomic E-state index is 0.643. The quantitative estimate of drug-likeness (QED) is 0.629. The van der Waals surface area contributed by atoms with Gasteiger partial charge in [-0.1, -0.05) is 0 Å². The number of aryl methyl sites for hydroxylation is 2. The molecular weight excluding hydrogens is 276 g/mol. The third-order valence-electron chi connectivity index (χ3n) is 3.73. The lowest BCUT2D eigenvalue weighted by molar-refractivity contribution is 0.665. The molecular formula is C16H26N6. The highest BCUT2D eigenvalue weighted by atomic mass is 15.3. The Morgan fingerprint density at radius 3 is 2.55 bits per heavy atom. The van der Waals surface area contributed by atoms with Crippen LogP contribution in [0, 0.1) is 13.8 Å². The van der Waals surface area contributed by atoms with Crippen LogP contribution in [-0.2, 0) is 20.1 Å². The average molecular weight is 302 g/mol. The molecule has 0 aliphatic carbocycles. The van der Waals surface area contributed by atoms with E-state index < -0.39 is 0 Å². The number of hydrogen-bond acceptors (Lipinski definition) is 2. The van der Waals surface area contributed by atoms with Crippen LogP contribution in [0.4, 0.5) is 0 Å². The molecule has 2 heterocycles. The molecule has 0 unspecified atom stereocenters. The van der Waals surface area contributed by atoms with Gasteiger partial charge in [-0.2, -0.15) is 5.10 Å². The monoisotopic (exact) mass is 302 g/mol. The highest BCUT2D eigenvalue weighted by molar-refractivity contribution is 5.79. The summed E-state index contributed by atoms with van der Waals surface area (Å²) >= 11 is 0. The summed E-state index contributed by atoms with van der Waals surface area (Å²) in [4.78, 5) is 4.67. The SMILES string of the molecule is CCNC(=NCc1c(C)nn(C)c1C)NCCn1cccc1. The van der Waals surface area contributed by atoms with Gasteiger partial charge < -0.3 is 15.2 Å². The first-order valence-electron chi connectivity index (χ1n) is 7.73. The average Bonchev–Trinajstić information content (AvgIpc) is 3.07. The molecule has 0 amide bonds. The van der Waals surface area contributed by atoms with Gasteiger partial charge in [0.05, 0.1) is 12.2 Å². The second-order valence-electron chi connectivity index (χ2n) is 5.32. The van der Waals surface area contributed by atoms with Gasteiger partial charge in [-0.05, 0) is 32.9 Å². The Bertz CT molecular complexity index is 609. The summed E-state index contributed by atoms with van der Waals surface area (Å²) < 4.78 is 4.05. The van der Waals surface area contributed by atoms with E-state index in [9.17, 15) is 0 Å². The molecule has 6 nitrogen and oxygen atoms in total. The maximum absolute atomic E-state index is 4.67. The summed E-state index contributed by atoms with van der Waals surface area (Å²) in [7, 11) is 1.97. The largest absolute Gasteiger partial charge is 0.357 e. The number of hydrogen-bond donors (Lipinski definition) is 2. The number of rotatable bonds is 6. The molecule has 22 heavy (non-hydrogen) atoms. The summed E-state index contributed by atoms with van der Waals surface area (Å²) in [6.45, 7) is 9.43. The molecule has 0 radical (unpaired) electrons. The zero-order valence-electron chi connectivity index (χ0n) is 13.9. The molecule has 0 aliphatic heterocycles. The molecule has 0 aliphatic rings. The minimum Gasteiger partial charge on any atom is -0.357 e. The number of nitrogens with one attached hydrogen (secondary N) is 2. The lowest BCUT2D eigenvalue weighted by atomic mass is 10.2. The van der Waals surface area contributed by atoms with Crippen LogP contribution in [0.5, 0.6) is 0 Å². The van der Waals surface area contributed by atoms with Crippen LogP contribution >= 0.6 is 0 Å². The van der Waals surface area contributed by atoms with Crippen LogP contribution < -0.4 is 10.6 Å². The molecule has 0 bridgehead atoms. The maximum atomic E-state index is 4.67. The number of guanidine groups is 1. The van der Waals surface area contributed by atoms with Crippen molar-refractivity contribution in [3.63, 3.8) is 0 Å². The number of nitrogens with zero attached hydrogens (tertiary/aromatic N) is 4. The highest BCUT2D eigenvalue weighted by Crippen LogP contribution is 2.12. The van der Waals surface area contributed by atoms with Crippen LogP contribution in [0.25, 0.3) is 0 Å². The Morgan fingerprint density at radius 1 is 1.23 bits per heavy atom. The second kappa shape index (κ2) is 7.68. The van der Waals surface area contributed by atoms with Crippen LogP contribution in [0.2, 0.25) is 0 Å². The Hall–Kier alpha value is -2.24. The molecule has 2 aromatic rings. The van der Waals surface area contributed by atoms with E-state index in [-0.39, 0.29) is 0 Å². The second-order valence-corrected chi connectivity index (χ2v) is 5.32. The Balaban J connectivity index is 1.94. The van der Waals surface area contributed by atoms with Crippen molar-refractivity contribution >= 4 is 5.96 Å². The molecule has 0 aromatic carbocycles. The van der Waals surface area contributed by atoms with E-state index >= 15 is 0 Å². The fourth-order valence-electron chi connectivity index (χ4n) is 2.37. The predicted octanol–water partition coefficient (Wildman–Crippen LogP) is 1.59. The number of aliphatic imine (C=N–C) groups is 1. The molecule has 0 spiro atoms. The lowest BCUT2D eigenvalue weighted by Crippen LogP contribution is -2.38. The van der Waals surface area contributed by atoms with E-state index in [0.717, 1.165) is 31.3 Å². The van der Waals surface area contributed by atoms with Gasteiger partial charge in [0.2, 0.25) is 0 Å². The zero-order valence-corrected chi connectivity index (χ0v) is 13.9. The van der Waals surface area contributed by atoms with Crippen molar-refractivity contribution in [2.75, 3.05) is 13.1 Å². The Kier molecular flexibility index (Phi) is 5.63. The zero-order chi connectivity index (χ0) is 15.9. The van der Waals surface area contributed by atoms with Gasteiger partial charge in [-0.3, -0.25) is 4.68 Å². The van der Waals surface area contributed by atoms with Gasteiger partial charge in [-0.15, -0.1) is 0 Å². The van der Waals surface area contributed by atoms with Crippen molar-refractivity contribution in [1.29, 1.82) is 0 Å². The molecule has 0 saturated heterocycles. The van der Waals surface area contributed by atoms with E-state index in [0.29, 0.717) is 6.54 Å². The van der Waals surface area contributed by atoms with E-state index in [2.05, 4.69) is 51.5 Å². The van der Waals surface area contributed by atoms with Gasteiger partial charge in [0.1, 0.15) is 0 Å². The summed E-state index contributed by atoms with van der Waals surface area (Å²) in [6, 6.07) is 4.07. The molecule has 0 fully saturated rings. The first-order valence-corrected chi connectivity index (χ1v) is 7.73. The van der Waals surface area contributed by atoms with Gasteiger partial charge in [0.25, 0.3) is 0 Å². The first-order chi connectivity index (χ1) is 10.6. The number of aromatic nitrogens is 3. The molecule has 120 valence electrons. The van der Waals surface area contributed by atoms with E-state index in [1.54, 1.807) is 0 Å². The lowest BCUT2D eigenvalue weighted by Gasteiger charge is -2.11. The molecule has 2 aromatic heterocycles. The molecule has 6 heteroatoms. The van der Waals surface area contributed by atoms with Crippen molar-refractivity contribution < 1.29 is 0 Å². The summed E-state index contributed by atoms with van der Waals surface area (Å²) in [5.74, 6) is 0.845. The van der Waals surface area contributed by atoms with Crippen LogP contribution in [0.1, 0.15) is 23.9 Å². The van der Waals surface area contributed by atoms with E-state index in [4.69, 9.17) is 0 Å². The van der Waals surface area contributed by atoms with Crippen LogP contribution in [-0.4, -0.2) is 33.4 Å².